The average molecular weight is 314 g/mol. The van der Waals surface area contributed by atoms with Crippen molar-refractivity contribution in [1.29, 1.82) is 0 Å². The van der Waals surface area contributed by atoms with E-state index in [9.17, 15) is 9.90 Å². The molecule has 20 heavy (non-hydrogen) atoms. The van der Waals surface area contributed by atoms with E-state index in [1.807, 2.05) is 38.1 Å². The van der Waals surface area contributed by atoms with E-state index < -0.39 is 0 Å². The van der Waals surface area contributed by atoms with Crippen LogP contribution < -0.4 is 5.32 Å². The summed E-state index contributed by atoms with van der Waals surface area (Å²) < 4.78 is 0. The molecule has 0 aliphatic heterocycles. The van der Waals surface area contributed by atoms with E-state index in [0.717, 1.165) is 15.7 Å². The molecule has 1 fully saturated rings. The Morgan fingerprint density at radius 3 is 2.65 bits per heavy atom. The van der Waals surface area contributed by atoms with Crippen molar-refractivity contribution in [2.45, 2.75) is 43.7 Å². The third-order valence-corrected chi connectivity index (χ3v) is 5.23. The molecule has 1 saturated carbocycles. The molecule has 0 spiro atoms. The van der Waals surface area contributed by atoms with Crippen molar-refractivity contribution in [1.82, 2.24) is 5.32 Å². The predicted octanol–water partition coefficient (Wildman–Crippen LogP) is 3.10. The van der Waals surface area contributed by atoms with Gasteiger partial charge in [-0.3, -0.25) is 4.79 Å². The van der Waals surface area contributed by atoms with Crippen molar-refractivity contribution < 1.29 is 9.90 Å². The number of carbonyl (C=O) groups is 1. The van der Waals surface area contributed by atoms with E-state index in [2.05, 4.69) is 5.32 Å². The van der Waals surface area contributed by atoms with Crippen molar-refractivity contribution >= 4 is 29.3 Å². The van der Waals surface area contributed by atoms with Gasteiger partial charge in [-0.2, -0.15) is 0 Å². The number of hydrogen-bond donors (Lipinski definition) is 2. The van der Waals surface area contributed by atoms with Crippen LogP contribution in [0.3, 0.4) is 0 Å². The van der Waals surface area contributed by atoms with Crippen LogP contribution in [0, 0.1) is 5.41 Å². The van der Waals surface area contributed by atoms with Crippen LogP contribution >= 0.6 is 23.4 Å². The SMILES string of the molecule is CC1(C)C(O)CC1NC(=O)CCSc1ccc(Cl)cc1. The van der Waals surface area contributed by atoms with Gasteiger partial charge in [-0.1, -0.05) is 25.4 Å². The van der Waals surface area contributed by atoms with Gasteiger partial charge in [-0.15, -0.1) is 11.8 Å². The maximum Gasteiger partial charge on any atom is 0.221 e. The van der Waals surface area contributed by atoms with E-state index in [-0.39, 0.29) is 23.5 Å². The van der Waals surface area contributed by atoms with Crippen molar-refractivity contribution in [3.8, 4) is 0 Å². The molecule has 1 aliphatic carbocycles. The van der Waals surface area contributed by atoms with E-state index >= 15 is 0 Å². The summed E-state index contributed by atoms with van der Waals surface area (Å²) >= 11 is 7.46. The molecule has 0 saturated heterocycles. The zero-order valence-electron chi connectivity index (χ0n) is 11.7. The smallest absolute Gasteiger partial charge is 0.221 e. The van der Waals surface area contributed by atoms with Gasteiger partial charge < -0.3 is 10.4 Å². The van der Waals surface area contributed by atoms with Gasteiger partial charge >= 0.3 is 0 Å². The Bertz CT molecular complexity index is 475. The first-order chi connectivity index (χ1) is 9.39. The van der Waals surface area contributed by atoms with E-state index in [1.54, 1.807) is 11.8 Å². The Morgan fingerprint density at radius 1 is 1.45 bits per heavy atom. The van der Waals surface area contributed by atoms with Crippen LogP contribution in [0.15, 0.2) is 29.2 Å². The Hall–Kier alpha value is -0.710. The molecule has 1 aromatic carbocycles. The number of nitrogens with one attached hydrogen (secondary N) is 1. The molecule has 2 N–H and O–H groups in total. The fourth-order valence-corrected chi connectivity index (χ4v) is 3.18. The first-order valence-electron chi connectivity index (χ1n) is 6.75. The van der Waals surface area contributed by atoms with Crippen LogP contribution in [-0.2, 0) is 4.79 Å². The minimum atomic E-state index is -0.309. The zero-order valence-corrected chi connectivity index (χ0v) is 13.3. The molecule has 5 heteroatoms. The molecule has 1 amide bonds. The summed E-state index contributed by atoms with van der Waals surface area (Å²) in [6.07, 6.45) is 0.829. The van der Waals surface area contributed by atoms with Gasteiger partial charge in [0.15, 0.2) is 0 Å². The second kappa shape index (κ2) is 6.37. The largest absolute Gasteiger partial charge is 0.392 e. The lowest BCUT2D eigenvalue weighted by Crippen LogP contribution is -2.61. The second-order valence-corrected chi connectivity index (χ2v) is 7.35. The quantitative estimate of drug-likeness (QED) is 0.821. The minimum absolute atomic E-state index is 0.0523. The number of carbonyl (C=O) groups excluding carboxylic acids is 1. The normalized spacial score (nSPS) is 24.0. The molecule has 0 aromatic heterocycles. The number of aliphatic hydroxyl groups is 1. The highest BCUT2D eigenvalue weighted by Gasteiger charge is 2.47. The third kappa shape index (κ3) is 3.68. The van der Waals surface area contributed by atoms with Crippen LogP contribution in [0.5, 0.6) is 0 Å². The first kappa shape index (κ1) is 15.7. The Kier molecular flexibility index (Phi) is 4.99. The van der Waals surface area contributed by atoms with E-state index in [1.165, 1.54) is 0 Å². The second-order valence-electron chi connectivity index (χ2n) is 5.75. The lowest BCUT2D eigenvalue weighted by atomic mass is 9.64. The van der Waals surface area contributed by atoms with Gasteiger partial charge in [0.05, 0.1) is 6.10 Å². The van der Waals surface area contributed by atoms with Crippen LogP contribution in [0.1, 0.15) is 26.7 Å². The van der Waals surface area contributed by atoms with Gasteiger partial charge in [0.25, 0.3) is 0 Å². The summed E-state index contributed by atoms with van der Waals surface area (Å²) in [4.78, 5) is 13.0. The zero-order chi connectivity index (χ0) is 14.8. The fourth-order valence-electron chi connectivity index (χ4n) is 2.21. The maximum atomic E-state index is 11.9. The molecule has 0 radical (unpaired) electrons. The van der Waals surface area contributed by atoms with Gasteiger partial charge in [0.2, 0.25) is 5.91 Å². The summed E-state index contributed by atoms with van der Waals surface area (Å²) in [6, 6.07) is 7.70. The predicted molar refractivity (Wildman–Crippen MR) is 83.1 cm³/mol. The summed E-state index contributed by atoms with van der Waals surface area (Å²) in [5.74, 6) is 0.792. The lowest BCUT2D eigenvalue weighted by molar-refractivity contribution is -0.128. The summed E-state index contributed by atoms with van der Waals surface area (Å²) in [7, 11) is 0. The summed E-state index contributed by atoms with van der Waals surface area (Å²) in [5, 5.41) is 13.4. The number of rotatable bonds is 5. The highest BCUT2D eigenvalue weighted by Crippen LogP contribution is 2.40. The average Bonchev–Trinajstić information content (AvgIpc) is 2.41. The van der Waals surface area contributed by atoms with Gasteiger partial charge in [-0.05, 0) is 30.7 Å². The molecule has 3 nitrogen and oxygen atoms in total. The maximum absolute atomic E-state index is 11.9. The van der Waals surface area contributed by atoms with Gasteiger partial charge in [0, 0.05) is 33.5 Å². The fraction of sp³-hybridized carbons (Fsp3) is 0.533. The molecule has 2 rings (SSSR count). The Labute approximate surface area is 129 Å². The molecular formula is C15H20ClNO2S. The van der Waals surface area contributed by atoms with Crippen molar-refractivity contribution in [3.05, 3.63) is 29.3 Å². The first-order valence-corrected chi connectivity index (χ1v) is 8.12. The molecule has 1 aliphatic rings. The standard InChI is InChI=1S/C15H20ClNO2S/c1-15(2)12(9-13(15)18)17-14(19)7-8-20-11-5-3-10(16)4-6-11/h3-6,12-13,18H,7-9H2,1-2H3,(H,17,19). The van der Waals surface area contributed by atoms with Crippen LogP contribution in [-0.4, -0.2) is 28.9 Å². The molecule has 0 bridgehead atoms. The number of aliphatic hydroxyl groups excluding tert-OH is 1. The number of halogens is 1. The Balaban J connectivity index is 1.70. The lowest BCUT2D eigenvalue weighted by Gasteiger charge is -2.49. The van der Waals surface area contributed by atoms with Gasteiger partial charge in [-0.25, -0.2) is 0 Å². The van der Waals surface area contributed by atoms with E-state index in [0.29, 0.717) is 12.8 Å². The molecular weight excluding hydrogens is 294 g/mol. The van der Waals surface area contributed by atoms with Gasteiger partial charge in [0.1, 0.15) is 0 Å². The highest BCUT2D eigenvalue weighted by atomic mass is 35.5. The molecule has 2 atom stereocenters. The van der Waals surface area contributed by atoms with E-state index in [4.69, 9.17) is 11.6 Å². The van der Waals surface area contributed by atoms with Crippen molar-refractivity contribution in [3.63, 3.8) is 0 Å². The molecule has 110 valence electrons. The number of amides is 1. The number of hydrogen-bond acceptors (Lipinski definition) is 3. The van der Waals surface area contributed by atoms with Crippen LogP contribution in [0.25, 0.3) is 0 Å². The number of thioether (sulfide) groups is 1. The molecule has 2 unspecified atom stereocenters. The Morgan fingerprint density at radius 2 is 2.10 bits per heavy atom. The molecule has 0 heterocycles. The summed E-state index contributed by atoms with van der Waals surface area (Å²) in [5.41, 5.74) is -0.209. The minimum Gasteiger partial charge on any atom is -0.392 e. The highest BCUT2D eigenvalue weighted by molar-refractivity contribution is 7.99. The monoisotopic (exact) mass is 313 g/mol. The topological polar surface area (TPSA) is 49.3 Å². The van der Waals surface area contributed by atoms with Crippen LogP contribution in [0.2, 0.25) is 5.02 Å². The molecule has 1 aromatic rings. The van der Waals surface area contributed by atoms with Crippen molar-refractivity contribution in [2.24, 2.45) is 5.41 Å². The van der Waals surface area contributed by atoms with Crippen LogP contribution in [0.4, 0.5) is 0 Å². The third-order valence-electron chi connectivity index (χ3n) is 3.96. The summed E-state index contributed by atoms with van der Waals surface area (Å²) in [6.45, 7) is 3.96. The van der Waals surface area contributed by atoms with Crippen molar-refractivity contribution in [2.75, 3.05) is 5.75 Å². The number of benzene rings is 1.